The number of hydrogen-bond acceptors (Lipinski definition) is 9. The fraction of sp³-hybridized carbons (Fsp3) is 0.286. The summed E-state index contributed by atoms with van der Waals surface area (Å²) in [6.07, 6.45) is 1.70. The van der Waals surface area contributed by atoms with E-state index in [1.807, 2.05) is 62.4 Å². The van der Waals surface area contributed by atoms with Crippen LogP contribution in [0.5, 0.6) is 23.0 Å². The van der Waals surface area contributed by atoms with Crippen molar-refractivity contribution in [2.45, 2.75) is 46.4 Å². The molecule has 1 aliphatic rings. The van der Waals surface area contributed by atoms with Gasteiger partial charge in [-0.2, -0.15) is 0 Å². The van der Waals surface area contributed by atoms with E-state index in [4.69, 9.17) is 23.7 Å². The lowest BCUT2D eigenvalue weighted by Crippen LogP contribution is -2.40. The van der Waals surface area contributed by atoms with Crippen molar-refractivity contribution < 1.29 is 28.5 Å². The van der Waals surface area contributed by atoms with Crippen LogP contribution in [0.1, 0.15) is 50.4 Å². The average molecular weight is 708 g/mol. The molecule has 0 radical (unpaired) electrons. The molecule has 2 heterocycles. The second-order valence-electron chi connectivity index (χ2n) is 10.7. The van der Waals surface area contributed by atoms with Gasteiger partial charge in [0.2, 0.25) is 0 Å². The van der Waals surface area contributed by atoms with Crippen LogP contribution in [-0.2, 0) is 16.1 Å². The van der Waals surface area contributed by atoms with Crippen LogP contribution in [0.15, 0.2) is 86.2 Å². The van der Waals surface area contributed by atoms with E-state index in [0.29, 0.717) is 54.7 Å². The standard InChI is InChI=1S/C35H35BrN2O7S/c1-7-43-34(40)30-21(4)37-35-38(31(30)24-13-14-26(45-20(2)3)27(18-24)41-5)33(39)29(46-35)17-23-15-25(36)32(28(16-23)42-6)44-19-22-11-9-8-10-12-22/h8-18,20,31H,7,19H2,1-6H3/b29-17-/t31-/m0/s1. The zero-order valence-electron chi connectivity index (χ0n) is 26.5. The van der Waals surface area contributed by atoms with Crippen LogP contribution < -0.4 is 33.8 Å². The maximum absolute atomic E-state index is 14.2. The molecule has 0 saturated carbocycles. The van der Waals surface area contributed by atoms with E-state index in [1.54, 1.807) is 46.3 Å². The number of fused-ring (bicyclic) bond motifs is 1. The summed E-state index contributed by atoms with van der Waals surface area (Å²) in [6, 6.07) is 18.1. The monoisotopic (exact) mass is 706 g/mol. The summed E-state index contributed by atoms with van der Waals surface area (Å²) in [4.78, 5) is 32.6. The van der Waals surface area contributed by atoms with Gasteiger partial charge in [0, 0.05) is 0 Å². The average Bonchev–Trinajstić information content (AvgIpc) is 3.33. The number of rotatable bonds is 11. The third-order valence-corrected chi connectivity index (χ3v) is 8.73. The molecule has 11 heteroatoms. The third kappa shape index (κ3) is 6.90. The Morgan fingerprint density at radius 3 is 2.46 bits per heavy atom. The van der Waals surface area contributed by atoms with E-state index >= 15 is 0 Å². The Hall–Kier alpha value is -4.35. The van der Waals surface area contributed by atoms with Gasteiger partial charge in [0.15, 0.2) is 27.8 Å². The fourth-order valence-electron chi connectivity index (χ4n) is 5.16. The molecule has 0 spiro atoms. The van der Waals surface area contributed by atoms with E-state index in [9.17, 15) is 9.59 Å². The van der Waals surface area contributed by atoms with Crippen molar-refractivity contribution >= 4 is 39.3 Å². The maximum Gasteiger partial charge on any atom is 0.338 e. The minimum absolute atomic E-state index is 0.0715. The van der Waals surface area contributed by atoms with Gasteiger partial charge < -0.3 is 23.7 Å². The smallest absolute Gasteiger partial charge is 0.338 e. The lowest BCUT2D eigenvalue weighted by Gasteiger charge is -2.25. The highest BCUT2D eigenvalue weighted by molar-refractivity contribution is 9.10. The molecule has 0 aliphatic carbocycles. The summed E-state index contributed by atoms with van der Waals surface area (Å²) < 4.78 is 31.4. The number of carbonyl (C=O) groups excluding carboxylic acids is 1. The summed E-state index contributed by atoms with van der Waals surface area (Å²) in [5.41, 5.74) is 2.85. The molecule has 9 nitrogen and oxygen atoms in total. The number of nitrogens with zero attached hydrogens (tertiary/aromatic N) is 2. The van der Waals surface area contributed by atoms with Gasteiger partial charge in [-0.3, -0.25) is 9.36 Å². The van der Waals surface area contributed by atoms with Crippen molar-refractivity contribution in [2.24, 2.45) is 4.99 Å². The van der Waals surface area contributed by atoms with Crippen LogP contribution in [0.2, 0.25) is 0 Å². The topological polar surface area (TPSA) is 97.6 Å². The molecule has 4 aromatic rings. The Morgan fingerprint density at radius 2 is 1.78 bits per heavy atom. The largest absolute Gasteiger partial charge is 0.493 e. The van der Waals surface area contributed by atoms with E-state index in [0.717, 1.165) is 11.1 Å². The van der Waals surface area contributed by atoms with Crippen LogP contribution in [-0.4, -0.2) is 37.5 Å². The molecule has 1 atom stereocenters. The number of methoxy groups -OCH3 is 2. The van der Waals surface area contributed by atoms with Crippen molar-refractivity contribution in [3.05, 3.63) is 113 Å². The predicted molar refractivity (Wildman–Crippen MR) is 181 cm³/mol. The molecule has 0 N–H and O–H groups in total. The van der Waals surface area contributed by atoms with Gasteiger partial charge in [-0.05, 0) is 90.7 Å². The summed E-state index contributed by atoms with van der Waals surface area (Å²) in [7, 11) is 3.12. The van der Waals surface area contributed by atoms with Crippen LogP contribution in [0.4, 0.5) is 0 Å². The van der Waals surface area contributed by atoms with Crippen molar-refractivity contribution in [2.75, 3.05) is 20.8 Å². The first-order valence-corrected chi connectivity index (χ1v) is 16.3. The van der Waals surface area contributed by atoms with Crippen LogP contribution in [0, 0.1) is 0 Å². The molecule has 5 rings (SSSR count). The highest BCUT2D eigenvalue weighted by Crippen LogP contribution is 2.38. The predicted octanol–water partition coefficient (Wildman–Crippen LogP) is 5.94. The van der Waals surface area contributed by atoms with Gasteiger partial charge >= 0.3 is 5.97 Å². The third-order valence-electron chi connectivity index (χ3n) is 7.16. The van der Waals surface area contributed by atoms with E-state index in [2.05, 4.69) is 20.9 Å². The van der Waals surface area contributed by atoms with E-state index in [-0.39, 0.29) is 23.8 Å². The molecule has 0 fully saturated rings. The molecule has 240 valence electrons. The van der Waals surface area contributed by atoms with Crippen LogP contribution >= 0.6 is 27.3 Å². The zero-order chi connectivity index (χ0) is 33.0. The molecule has 0 amide bonds. The van der Waals surface area contributed by atoms with Gasteiger partial charge in [0.25, 0.3) is 5.56 Å². The van der Waals surface area contributed by atoms with Gasteiger partial charge in [-0.15, -0.1) is 0 Å². The van der Waals surface area contributed by atoms with E-state index in [1.165, 1.54) is 15.9 Å². The Balaban J connectivity index is 1.61. The molecule has 0 saturated heterocycles. The summed E-state index contributed by atoms with van der Waals surface area (Å²) >= 11 is 4.86. The Labute approximate surface area is 279 Å². The number of ether oxygens (including phenoxy) is 5. The molecule has 0 bridgehead atoms. The Kier molecular flexibility index (Phi) is 10.3. The first kappa shape index (κ1) is 33.0. The van der Waals surface area contributed by atoms with Gasteiger partial charge in [0.05, 0.1) is 53.2 Å². The lowest BCUT2D eigenvalue weighted by molar-refractivity contribution is -0.139. The minimum Gasteiger partial charge on any atom is -0.493 e. The Bertz CT molecular complexity index is 1960. The van der Waals surface area contributed by atoms with Gasteiger partial charge in [0.1, 0.15) is 6.61 Å². The SMILES string of the molecule is CCOC(=O)C1=C(C)N=c2s/c(=C\c3cc(Br)c(OCc4ccccc4)c(OC)c3)c(=O)n2[C@H]1c1ccc(OC(C)C)c(OC)c1. The summed E-state index contributed by atoms with van der Waals surface area (Å²) in [6.45, 7) is 7.89. The second-order valence-corrected chi connectivity index (χ2v) is 12.6. The first-order chi connectivity index (χ1) is 22.1. The molecule has 1 aliphatic heterocycles. The number of carbonyl (C=O) groups is 1. The number of halogens is 1. The minimum atomic E-state index is -0.797. The Morgan fingerprint density at radius 1 is 1.04 bits per heavy atom. The van der Waals surface area contributed by atoms with Crippen molar-refractivity contribution in [3.8, 4) is 23.0 Å². The van der Waals surface area contributed by atoms with Gasteiger partial charge in [-0.25, -0.2) is 9.79 Å². The van der Waals surface area contributed by atoms with Crippen LogP contribution in [0.3, 0.4) is 0 Å². The number of benzene rings is 3. The molecular formula is C35H35BrN2O7S. The van der Waals surface area contributed by atoms with Crippen molar-refractivity contribution in [1.29, 1.82) is 0 Å². The highest BCUT2D eigenvalue weighted by Gasteiger charge is 2.34. The normalized spacial score (nSPS) is 14.5. The summed E-state index contributed by atoms with van der Waals surface area (Å²) in [5.74, 6) is 1.57. The molecular weight excluding hydrogens is 672 g/mol. The van der Waals surface area contributed by atoms with Crippen LogP contribution in [0.25, 0.3) is 6.08 Å². The molecule has 1 aromatic heterocycles. The van der Waals surface area contributed by atoms with E-state index < -0.39 is 12.0 Å². The number of aromatic nitrogens is 1. The molecule has 46 heavy (non-hydrogen) atoms. The second kappa shape index (κ2) is 14.4. The number of thiazole rings is 1. The maximum atomic E-state index is 14.2. The molecule has 0 unspecified atom stereocenters. The number of hydrogen-bond donors (Lipinski definition) is 0. The van der Waals surface area contributed by atoms with Crippen molar-refractivity contribution in [1.82, 2.24) is 4.57 Å². The number of allylic oxidation sites excluding steroid dienone is 1. The lowest BCUT2D eigenvalue weighted by atomic mass is 9.95. The quantitative estimate of drug-likeness (QED) is 0.178. The zero-order valence-corrected chi connectivity index (χ0v) is 28.9. The summed E-state index contributed by atoms with van der Waals surface area (Å²) in [5, 5.41) is 0. The fourth-order valence-corrected chi connectivity index (χ4v) is 6.78. The van der Waals surface area contributed by atoms with Gasteiger partial charge in [-0.1, -0.05) is 47.7 Å². The first-order valence-electron chi connectivity index (χ1n) is 14.7. The van der Waals surface area contributed by atoms with Crippen molar-refractivity contribution in [3.63, 3.8) is 0 Å². The number of esters is 1. The molecule has 3 aromatic carbocycles. The highest BCUT2D eigenvalue weighted by atomic mass is 79.9.